The molecule has 0 aliphatic carbocycles. The first-order valence-corrected chi connectivity index (χ1v) is 8.34. The molecule has 1 aromatic heterocycles. The third-order valence-corrected chi connectivity index (χ3v) is 3.96. The van der Waals surface area contributed by atoms with E-state index in [1.807, 2.05) is 6.07 Å². The zero-order chi connectivity index (χ0) is 20.0. The number of aromatic nitrogens is 1. The van der Waals surface area contributed by atoms with E-state index in [1.165, 1.54) is 6.08 Å². The number of carbonyl (C=O) groups excluding carboxylic acids is 2. The number of benzene rings is 1. The van der Waals surface area contributed by atoms with Crippen molar-refractivity contribution in [2.75, 3.05) is 19.0 Å². The predicted octanol–water partition coefficient (Wildman–Crippen LogP) is 3.36. The Morgan fingerprint density at radius 2 is 1.93 bits per heavy atom. The lowest BCUT2D eigenvalue weighted by molar-refractivity contribution is -0.112. The van der Waals surface area contributed by atoms with Gasteiger partial charge < -0.3 is 19.8 Å². The Balaban J connectivity index is 2.27. The number of aromatic amines is 1. The van der Waals surface area contributed by atoms with Gasteiger partial charge in [0.15, 0.2) is 0 Å². The largest absolute Gasteiger partial charge is 0.497 e. The van der Waals surface area contributed by atoms with Crippen molar-refractivity contribution >= 4 is 23.6 Å². The molecule has 0 aliphatic heterocycles. The van der Waals surface area contributed by atoms with Crippen molar-refractivity contribution in [2.24, 2.45) is 0 Å². The summed E-state index contributed by atoms with van der Waals surface area (Å²) in [5, 5.41) is 12.0. The summed E-state index contributed by atoms with van der Waals surface area (Å²) in [4.78, 5) is 27.5. The summed E-state index contributed by atoms with van der Waals surface area (Å²) in [5.41, 5.74) is 2.60. The predicted molar refractivity (Wildman–Crippen MR) is 101 cm³/mol. The van der Waals surface area contributed by atoms with Gasteiger partial charge in [0.1, 0.15) is 17.4 Å². The summed E-state index contributed by atoms with van der Waals surface area (Å²) in [6.07, 6.45) is 1.42. The van der Waals surface area contributed by atoms with E-state index in [9.17, 15) is 14.9 Å². The van der Waals surface area contributed by atoms with Gasteiger partial charge in [-0.15, -0.1) is 0 Å². The van der Waals surface area contributed by atoms with E-state index in [0.717, 1.165) is 0 Å². The molecule has 0 aliphatic rings. The first-order valence-electron chi connectivity index (χ1n) is 8.34. The zero-order valence-electron chi connectivity index (χ0n) is 15.7. The topological polar surface area (TPSA) is 104 Å². The second-order valence-electron chi connectivity index (χ2n) is 5.74. The molecular formula is C20H21N3O4. The van der Waals surface area contributed by atoms with Crippen molar-refractivity contribution in [1.82, 2.24) is 4.98 Å². The van der Waals surface area contributed by atoms with Gasteiger partial charge in [0.05, 0.1) is 19.3 Å². The summed E-state index contributed by atoms with van der Waals surface area (Å²) >= 11 is 0. The van der Waals surface area contributed by atoms with E-state index in [0.29, 0.717) is 34.0 Å². The van der Waals surface area contributed by atoms with Crippen LogP contribution in [0, 0.1) is 25.2 Å². The first kappa shape index (κ1) is 19.8. The Labute approximate surface area is 157 Å². The fourth-order valence-corrected chi connectivity index (χ4v) is 2.59. The van der Waals surface area contributed by atoms with Crippen LogP contribution in [0.2, 0.25) is 0 Å². The number of nitrogens with zero attached hydrogens (tertiary/aromatic N) is 1. The van der Waals surface area contributed by atoms with Crippen LogP contribution in [-0.4, -0.2) is 30.6 Å². The molecule has 1 amide bonds. The van der Waals surface area contributed by atoms with Crippen LogP contribution in [0.4, 0.5) is 5.69 Å². The highest BCUT2D eigenvalue weighted by molar-refractivity contribution is 6.09. The summed E-state index contributed by atoms with van der Waals surface area (Å²) < 4.78 is 10.1. The van der Waals surface area contributed by atoms with Crippen molar-refractivity contribution in [1.29, 1.82) is 5.26 Å². The van der Waals surface area contributed by atoms with Crippen LogP contribution in [0.15, 0.2) is 29.8 Å². The monoisotopic (exact) mass is 367 g/mol. The molecule has 0 spiro atoms. The van der Waals surface area contributed by atoms with Crippen molar-refractivity contribution in [3.05, 3.63) is 52.4 Å². The van der Waals surface area contributed by atoms with Crippen molar-refractivity contribution < 1.29 is 19.1 Å². The van der Waals surface area contributed by atoms with E-state index in [-0.39, 0.29) is 12.2 Å². The number of hydrogen-bond acceptors (Lipinski definition) is 5. The number of amides is 1. The Kier molecular flexibility index (Phi) is 6.39. The number of hydrogen-bond donors (Lipinski definition) is 2. The van der Waals surface area contributed by atoms with Gasteiger partial charge in [-0.2, -0.15) is 5.26 Å². The normalized spacial score (nSPS) is 10.9. The van der Waals surface area contributed by atoms with Crippen LogP contribution in [0.3, 0.4) is 0 Å². The quantitative estimate of drug-likeness (QED) is 0.463. The number of methoxy groups -OCH3 is 1. The summed E-state index contributed by atoms with van der Waals surface area (Å²) in [5.74, 6) is -0.329. The Morgan fingerprint density at radius 3 is 2.48 bits per heavy atom. The van der Waals surface area contributed by atoms with Crippen molar-refractivity contribution in [3.63, 3.8) is 0 Å². The number of anilines is 1. The number of H-pyrrole nitrogens is 1. The van der Waals surface area contributed by atoms with Gasteiger partial charge in [0, 0.05) is 17.1 Å². The molecule has 140 valence electrons. The molecule has 0 atom stereocenters. The number of nitriles is 1. The van der Waals surface area contributed by atoms with Crippen LogP contribution < -0.4 is 10.1 Å². The summed E-state index contributed by atoms with van der Waals surface area (Å²) in [6, 6.07) is 8.65. The SMILES string of the molecule is CCOC(=O)c1c(C)[nH]c(/C=C(\C#N)C(=O)Nc2ccc(OC)cc2)c1C. The lowest BCUT2D eigenvalue weighted by Crippen LogP contribution is -2.13. The minimum absolute atomic E-state index is 0.0921. The highest BCUT2D eigenvalue weighted by atomic mass is 16.5. The lowest BCUT2D eigenvalue weighted by Gasteiger charge is -2.05. The van der Waals surface area contributed by atoms with Crippen LogP contribution in [0.5, 0.6) is 5.75 Å². The van der Waals surface area contributed by atoms with Gasteiger partial charge in [0.2, 0.25) is 0 Å². The molecular weight excluding hydrogens is 346 g/mol. The molecule has 2 N–H and O–H groups in total. The molecule has 27 heavy (non-hydrogen) atoms. The maximum atomic E-state index is 12.4. The average molecular weight is 367 g/mol. The van der Waals surface area contributed by atoms with E-state index in [1.54, 1.807) is 52.1 Å². The molecule has 7 nitrogen and oxygen atoms in total. The molecule has 0 saturated carbocycles. The van der Waals surface area contributed by atoms with E-state index in [4.69, 9.17) is 9.47 Å². The van der Waals surface area contributed by atoms with E-state index >= 15 is 0 Å². The Morgan fingerprint density at radius 1 is 1.26 bits per heavy atom. The number of ether oxygens (including phenoxy) is 2. The maximum Gasteiger partial charge on any atom is 0.340 e. The Bertz CT molecular complexity index is 918. The van der Waals surface area contributed by atoms with Crippen LogP contribution in [-0.2, 0) is 9.53 Å². The van der Waals surface area contributed by atoms with Gasteiger partial charge in [-0.05, 0) is 56.7 Å². The van der Waals surface area contributed by atoms with E-state index in [2.05, 4.69) is 10.3 Å². The molecule has 0 fully saturated rings. The standard InChI is InChI=1S/C20H21N3O4/c1-5-27-20(25)18-12(2)17(22-13(18)3)10-14(11-21)19(24)23-15-6-8-16(26-4)9-7-15/h6-10,22H,5H2,1-4H3,(H,23,24)/b14-10+. The molecule has 2 aromatic rings. The van der Waals surface area contributed by atoms with Gasteiger partial charge in [-0.25, -0.2) is 4.79 Å². The molecule has 1 aromatic carbocycles. The minimum atomic E-state index is -0.549. The van der Waals surface area contributed by atoms with Crippen LogP contribution in [0.25, 0.3) is 6.08 Å². The van der Waals surface area contributed by atoms with Crippen molar-refractivity contribution in [2.45, 2.75) is 20.8 Å². The van der Waals surface area contributed by atoms with Gasteiger partial charge in [-0.1, -0.05) is 0 Å². The number of carbonyl (C=O) groups is 2. The average Bonchev–Trinajstić information content (AvgIpc) is 2.93. The molecule has 1 heterocycles. The lowest BCUT2D eigenvalue weighted by atomic mass is 10.1. The molecule has 7 heteroatoms. The fourth-order valence-electron chi connectivity index (χ4n) is 2.59. The number of esters is 1. The fraction of sp³-hybridized carbons (Fsp3) is 0.250. The molecule has 0 radical (unpaired) electrons. The van der Waals surface area contributed by atoms with Gasteiger partial charge in [-0.3, -0.25) is 4.79 Å². The highest BCUT2D eigenvalue weighted by Crippen LogP contribution is 2.22. The van der Waals surface area contributed by atoms with Gasteiger partial charge >= 0.3 is 5.97 Å². The number of nitrogens with one attached hydrogen (secondary N) is 2. The van der Waals surface area contributed by atoms with E-state index < -0.39 is 11.9 Å². The zero-order valence-corrected chi connectivity index (χ0v) is 15.7. The first-order chi connectivity index (χ1) is 12.9. The third kappa shape index (κ3) is 4.55. The van der Waals surface area contributed by atoms with Gasteiger partial charge in [0.25, 0.3) is 5.91 Å². The smallest absolute Gasteiger partial charge is 0.340 e. The third-order valence-electron chi connectivity index (χ3n) is 3.96. The van der Waals surface area contributed by atoms with Crippen LogP contribution in [0.1, 0.15) is 34.2 Å². The maximum absolute atomic E-state index is 12.4. The molecule has 0 bridgehead atoms. The second kappa shape index (κ2) is 8.72. The van der Waals surface area contributed by atoms with Crippen LogP contribution >= 0.6 is 0 Å². The molecule has 0 saturated heterocycles. The molecule has 0 unspecified atom stereocenters. The number of rotatable bonds is 6. The highest BCUT2D eigenvalue weighted by Gasteiger charge is 2.19. The summed E-state index contributed by atoms with van der Waals surface area (Å²) in [7, 11) is 1.55. The summed E-state index contributed by atoms with van der Waals surface area (Å²) in [6.45, 7) is 5.47. The second-order valence-corrected chi connectivity index (χ2v) is 5.74. The Hall–Kier alpha value is -3.53. The minimum Gasteiger partial charge on any atom is -0.497 e. The molecule has 2 rings (SSSR count). The number of aryl methyl sites for hydroxylation is 1. The van der Waals surface area contributed by atoms with Crippen molar-refractivity contribution in [3.8, 4) is 11.8 Å².